The lowest BCUT2D eigenvalue weighted by Gasteiger charge is -2.32. The summed E-state index contributed by atoms with van der Waals surface area (Å²) in [4.78, 5) is 14.5. The Kier molecular flexibility index (Phi) is 5.62. The van der Waals surface area contributed by atoms with Crippen molar-refractivity contribution in [3.05, 3.63) is 40.9 Å². The van der Waals surface area contributed by atoms with Gasteiger partial charge in [0.05, 0.1) is 0 Å². The number of likely N-dealkylation sites (tertiary alicyclic amines) is 1. The number of carbonyl (C=O) groups excluding carboxylic acids is 1. The fraction of sp³-hybridized carbons (Fsp3) is 0.550. The predicted octanol–water partition coefficient (Wildman–Crippen LogP) is 3.44. The van der Waals surface area contributed by atoms with E-state index in [-0.39, 0.29) is 18.4 Å². The molecule has 1 aromatic carbocycles. The van der Waals surface area contributed by atoms with Crippen LogP contribution in [-0.2, 0) is 17.8 Å². The van der Waals surface area contributed by atoms with Crippen LogP contribution < -0.4 is 4.74 Å². The van der Waals surface area contributed by atoms with E-state index < -0.39 is 0 Å². The number of piperidine rings is 1. The van der Waals surface area contributed by atoms with Gasteiger partial charge in [-0.2, -0.15) is 0 Å². The Balaban J connectivity index is 1.38. The van der Waals surface area contributed by atoms with E-state index in [0.717, 1.165) is 44.0 Å². The average Bonchev–Trinajstić information content (AvgIpc) is 2.96. The molecule has 7 heteroatoms. The van der Waals surface area contributed by atoms with E-state index in [1.54, 1.807) is 24.3 Å². The van der Waals surface area contributed by atoms with Gasteiger partial charge in [-0.3, -0.25) is 4.79 Å². The fourth-order valence-electron chi connectivity index (χ4n) is 3.99. The maximum Gasteiger partial charge on any atom is 0.260 e. The number of carbonyl (C=O) groups is 1. The van der Waals surface area contributed by atoms with Gasteiger partial charge in [0.15, 0.2) is 6.61 Å². The van der Waals surface area contributed by atoms with Gasteiger partial charge in [0.25, 0.3) is 5.91 Å². The standard InChI is InChI=1S/C20H25ClN4O2/c21-16-7-9-17(10-8-16)27-14-19(26)24-11-4-5-15(13-24)20-23-22-18-6-2-1-3-12-25(18)20/h7-10,15H,1-6,11-14H2. The highest BCUT2D eigenvalue weighted by molar-refractivity contribution is 6.30. The van der Waals surface area contributed by atoms with E-state index in [9.17, 15) is 4.79 Å². The zero-order valence-corrected chi connectivity index (χ0v) is 16.2. The molecule has 2 aliphatic heterocycles. The van der Waals surface area contributed by atoms with Crippen molar-refractivity contribution in [2.24, 2.45) is 0 Å². The minimum absolute atomic E-state index is 0.0188. The summed E-state index contributed by atoms with van der Waals surface area (Å²) in [5, 5.41) is 9.56. The molecule has 144 valence electrons. The predicted molar refractivity (Wildman–Crippen MR) is 103 cm³/mol. The highest BCUT2D eigenvalue weighted by Gasteiger charge is 2.29. The summed E-state index contributed by atoms with van der Waals surface area (Å²) < 4.78 is 7.93. The second-order valence-corrected chi connectivity index (χ2v) is 7.79. The summed E-state index contributed by atoms with van der Waals surface area (Å²) in [7, 11) is 0. The number of halogens is 1. The normalized spacial score (nSPS) is 20.0. The third-order valence-corrected chi connectivity index (χ3v) is 5.71. The van der Waals surface area contributed by atoms with Crippen LogP contribution in [-0.4, -0.2) is 45.3 Å². The maximum atomic E-state index is 12.6. The first kappa shape index (κ1) is 18.3. The molecule has 27 heavy (non-hydrogen) atoms. The smallest absolute Gasteiger partial charge is 0.260 e. The topological polar surface area (TPSA) is 60.2 Å². The molecule has 1 fully saturated rings. The Morgan fingerprint density at radius 1 is 1.11 bits per heavy atom. The second kappa shape index (κ2) is 8.30. The fourth-order valence-corrected chi connectivity index (χ4v) is 4.12. The molecule has 0 bridgehead atoms. The average molecular weight is 389 g/mol. The number of aromatic nitrogens is 3. The summed E-state index contributed by atoms with van der Waals surface area (Å²) in [6, 6.07) is 7.07. The molecule has 0 spiro atoms. The molecule has 1 saturated heterocycles. The molecule has 2 aliphatic rings. The molecule has 4 rings (SSSR count). The van der Waals surface area contributed by atoms with Crippen LogP contribution in [0.5, 0.6) is 5.75 Å². The molecule has 0 aliphatic carbocycles. The van der Waals surface area contributed by atoms with Crippen molar-refractivity contribution in [3.8, 4) is 5.75 Å². The van der Waals surface area contributed by atoms with Crippen molar-refractivity contribution >= 4 is 17.5 Å². The van der Waals surface area contributed by atoms with Crippen molar-refractivity contribution in [1.82, 2.24) is 19.7 Å². The minimum atomic E-state index is 0.0188. The number of amides is 1. The first-order valence-corrected chi connectivity index (χ1v) is 10.2. The molecule has 1 amide bonds. The Labute approximate surface area is 164 Å². The molecule has 3 heterocycles. The van der Waals surface area contributed by atoms with Crippen LogP contribution >= 0.6 is 11.6 Å². The summed E-state index contributed by atoms with van der Waals surface area (Å²) in [5.41, 5.74) is 0. The summed E-state index contributed by atoms with van der Waals surface area (Å²) in [5.74, 6) is 3.10. The number of fused-ring (bicyclic) bond motifs is 1. The highest BCUT2D eigenvalue weighted by Crippen LogP contribution is 2.28. The molecule has 1 unspecified atom stereocenters. The van der Waals surface area contributed by atoms with E-state index in [1.807, 2.05) is 4.90 Å². The first-order valence-electron chi connectivity index (χ1n) is 9.79. The van der Waals surface area contributed by atoms with Gasteiger partial charge in [0, 0.05) is 37.0 Å². The largest absolute Gasteiger partial charge is 0.484 e. The number of hydrogen-bond acceptors (Lipinski definition) is 4. The molecule has 0 radical (unpaired) electrons. The maximum absolute atomic E-state index is 12.6. The van der Waals surface area contributed by atoms with Gasteiger partial charge in [0.2, 0.25) is 0 Å². The van der Waals surface area contributed by atoms with Crippen molar-refractivity contribution in [1.29, 1.82) is 0 Å². The zero-order valence-electron chi connectivity index (χ0n) is 15.4. The third-order valence-electron chi connectivity index (χ3n) is 5.45. The van der Waals surface area contributed by atoms with Crippen molar-refractivity contribution in [2.45, 2.75) is 51.0 Å². The van der Waals surface area contributed by atoms with E-state index >= 15 is 0 Å². The van der Waals surface area contributed by atoms with Gasteiger partial charge in [-0.15, -0.1) is 10.2 Å². The molecule has 2 aromatic rings. The number of nitrogens with zero attached hydrogens (tertiary/aromatic N) is 4. The molecular formula is C20H25ClN4O2. The van der Waals surface area contributed by atoms with Crippen LogP contribution in [0.4, 0.5) is 0 Å². The van der Waals surface area contributed by atoms with E-state index in [0.29, 0.717) is 17.3 Å². The van der Waals surface area contributed by atoms with Crippen LogP contribution in [0.2, 0.25) is 5.02 Å². The zero-order chi connectivity index (χ0) is 18.6. The van der Waals surface area contributed by atoms with E-state index in [1.165, 1.54) is 19.3 Å². The van der Waals surface area contributed by atoms with Crippen molar-refractivity contribution < 1.29 is 9.53 Å². The van der Waals surface area contributed by atoms with Crippen molar-refractivity contribution in [2.75, 3.05) is 19.7 Å². The Morgan fingerprint density at radius 2 is 1.96 bits per heavy atom. The Hall–Kier alpha value is -2.08. The number of rotatable bonds is 4. The first-order chi connectivity index (χ1) is 13.2. The van der Waals surface area contributed by atoms with Gasteiger partial charge in [-0.05, 0) is 49.9 Å². The number of aryl methyl sites for hydroxylation is 1. The Bertz CT molecular complexity index is 790. The summed E-state index contributed by atoms with van der Waals surface area (Å²) in [6.45, 7) is 2.52. The van der Waals surface area contributed by atoms with Gasteiger partial charge >= 0.3 is 0 Å². The van der Waals surface area contributed by atoms with Crippen LogP contribution in [0, 0.1) is 0 Å². The monoisotopic (exact) mass is 388 g/mol. The summed E-state index contributed by atoms with van der Waals surface area (Å²) >= 11 is 5.88. The third kappa shape index (κ3) is 4.26. The number of ether oxygens (including phenoxy) is 1. The molecule has 1 aromatic heterocycles. The lowest BCUT2D eigenvalue weighted by atomic mass is 9.97. The molecule has 0 N–H and O–H groups in total. The minimum Gasteiger partial charge on any atom is -0.484 e. The number of benzene rings is 1. The quantitative estimate of drug-likeness (QED) is 0.804. The van der Waals surface area contributed by atoms with Gasteiger partial charge < -0.3 is 14.2 Å². The van der Waals surface area contributed by atoms with Gasteiger partial charge in [-0.1, -0.05) is 18.0 Å². The summed E-state index contributed by atoms with van der Waals surface area (Å²) in [6.07, 6.45) is 6.68. The lowest BCUT2D eigenvalue weighted by molar-refractivity contribution is -0.134. The van der Waals surface area contributed by atoms with Crippen molar-refractivity contribution in [3.63, 3.8) is 0 Å². The molecular weight excluding hydrogens is 364 g/mol. The second-order valence-electron chi connectivity index (χ2n) is 7.36. The van der Waals surface area contributed by atoms with Crippen LogP contribution in [0.1, 0.15) is 49.7 Å². The van der Waals surface area contributed by atoms with Crippen LogP contribution in [0.25, 0.3) is 0 Å². The van der Waals surface area contributed by atoms with E-state index in [2.05, 4.69) is 14.8 Å². The number of hydrogen-bond donors (Lipinski definition) is 0. The lowest BCUT2D eigenvalue weighted by Crippen LogP contribution is -2.42. The SMILES string of the molecule is O=C(COc1ccc(Cl)cc1)N1CCCC(c2nnc3n2CCCCC3)C1. The Morgan fingerprint density at radius 3 is 2.81 bits per heavy atom. The molecule has 0 saturated carbocycles. The molecule has 6 nitrogen and oxygen atoms in total. The van der Waals surface area contributed by atoms with Crippen LogP contribution in [0.15, 0.2) is 24.3 Å². The highest BCUT2D eigenvalue weighted by atomic mass is 35.5. The molecule has 1 atom stereocenters. The van der Waals surface area contributed by atoms with E-state index in [4.69, 9.17) is 16.3 Å². The van der Waals surface area contributed by atoms with Crippen LogP contribution in [0.3, 0.4) is 0 Å². The van der Waals surface area contributed by atoms with Gasteiger partial charge in [0.1, 0.15) is 17.4 Å². The van der Waals surface area contributed by atoms with Gasteiger partial charge in [-0.25, -0.2) is 0 Å².